The Morgan fingerprint density at radius 2 is 2.17 bits per heavy atom. The van der Waals surface area contributed by atoms with E-state index in [0.717, 1.165) is 3.57 Å². The summed E-state index contributed by atoms with van der Waals surface area (Å²) in [6, 6.07) is 5.51. The van der Waals surface area contributed by atoms with E-state index in [2.05, 4.69) is 22.6 Å². The Bertz CT molecular complexity index is 307. The molecule has 0 saturated heterocycles. The zero-order chi connectivity index (χ0) is 9.14. The fourth-order valence-electron chi connectivity index (χ4n) is 0.956. The van der Waals surface area contributed by atoms with E-state index >= 15 is 0 Å². The van der Waals surface area contributed by atoms with Crippen molar-refractivity contribution in [3.8, 4) is 5.75 Å². The van der Waals surface area contributed by atoms with E-state index in [1.807, 2.05) is 12.1 Å². The zero-order valence-corrected chi connectivity index (χ0v) is 9.08. The number of carbonyl (C=O) groups excluding carboxylic acids is 1. The fraction of sp³-hybridized carbons (Fsp3) is 0.222. The lowest BCUT2D eigenvalue weighted by atomic mass is 10.1. The van der Waals surface area contributed by atoms with Crippen LogP contribution < -0.4 is 4.74 Å². The normalized spacial score (nSPS) is 9.58. The fourth-order valence-corrected chi connectivity index (χ4v) is 1.42. The molecule has 2 nitrogen and oxygen atoms in total. The number of benzene rings is 1. The van der Waals surface area contributed by atoms with Gasteiger partial charge in [-0.3, -0.25) is 4.79 Å². The minimum Gasteiger partial charge on any atom is -0.496 e. The number of halogens is 1. The van der Waals surface area contributed by atoms with Gasteiger partial charge in [-0.2, -0.15) is 0 Å². The Morgan fingerprint density at radius 1 is 1.50 bits per heavy atom. The molecule has 3 heteroatoms. The molecule has 0 aliphatic rings. The molecule has 0 unspecified atom stereocenters. The Labute approximate surface area is 85.1 Å². The topological polar surface area (TPSA) is 26.3 Å². The third kappa shape index (κ3) is 1.97. The summed E-state index contributed by atoms with van der Waals surface area (Å²) < 4.78 is 6.13. The number of hydrogen-bond acceptors (Lipinski definition) is 2. The molecule has 0 aromatic heterocycles. The second-order valence-electron chi connectivity index (χ2n) is 2.40. The number of hydrogen-bond donors (Lipinski definition) is 0. The predicted molar refractivity (Wildman–Crippen MR) is 55.7 cm³/mol. The SMILES string of the molecule is COc1cc(I)ccc1C(C)=O. The van der Waals surface area contributed by atoms with Crippen LogP contribution in [0.5, 0.6) is 5.75 Å². The monoisotopic (exact) mass is 276 g/mol. The molecule has 0 bridgehead atoms. The number of ether oxygens (including phenoxy) is 1. The average molecular weight is 276 g/mol. The van der Waals surface area contributed by atoms with Gasteiger partial charge in [0.25, 0.3) is 0 Å². The van der Waals surface area contributed by atoms with Crippen LogP contribution in [0.3, 0.4) is 0 Å². The lowest BCUT2D eigenvalue weighted by Crippen LogP contribution is -1.97. The van der Waals surface area contributed by atoms with E-state index in [4.69, 9.17) is 4.74 Å². The van der Waals surface area contributed by atoms with E-state index in [0.29, 0.717) is 11.3 Å². The first-order chi connectivity index (χ1) is 5.65. The lowest BCUT2D eigenvalue weighted by Gasteiger charge is -2.04. The molecule has 64 valence electrons. The predicted octanol–water partition coefficient (Wildman–Crippen LogP) is 2.50. The van der Waals surface area contributed by atoms with Gasteiger partial charge in [-0.1, -0.05) is 0 Å². The van der Waals surface area contributed by atoms with E-state index < -0.39 is 0 Å². The molecule has 0 spiro atoms. The third-order valence-electron chi connectivity index (χ3n) is 1.54. The summed E-state index contributed by atoms with van der Waals surface area (Å²) in [6.07, 6.45) is 0. The molecule has 0 radical (unpaired) electrons. The van der Waals surface area contributed by atoms with Crippen LogP contribution in [0.25, 0.3) is 0 Å². The van der Waals surface area contributed by atoms with Crippen molar-refractivity contribution in [3.05, 3.63) is 27.3 Å². The molecule has 0 heterocycles. The highest BCUT2D eigenvalue weighted by molar-refractivity contribution is 14.1. The molecule has 12 heavy (non-hydrogen) atoms. The van der Waals surface area contributed by atoms with Crippen LogP contribution in [0.2, 0.25) is 0 Å². The summed E-state index contributed by atoms with van der Waals surface area (Å²) in [5, 5.41) is 0. The van der Waals surface area contributed by atoms with E-state index in [-0.39, 0.29) is 5.78 Å². The Balaban J connectivity index is 3.20. The summed E-state index contributed by atoms with van der Waals surface area (Å²) in [6.45, 7) is 1.53. The van der Waals surface area contributed by atoms with Crippen molar-refractivity contribution in [2.75, 3.05) is 7.11 Å². The Kier molecular flexibility index (Phi) is 3.08. The van der Waals surface area contributed by atoms with Gasteiger partial charge < -0.3 is 4.74 Å². The summed E-state index contributed by atoms with van der Waals surface area (Å²) in [5.74, 6) is 0.678. The Hall–Kier alpha value is -0.580. The summed E-state index contributed by atoms with van der Waals surface area (Å²) in [5.41, 5.74) is 0.637. The average Bonchev–Trinajstić information content (AvgIpc) is 2.03. The van der Waals surface area contributed by atoms with Crippen molar-refractivity contribution in [2.45, 2.75) is 6.92 Å². The standard InChI is InChI=1S/C9H9IO2/c1-6(11)8-4-3-7(10)5-9(8)12-2/h3-5H,1-2H3. The quantitative estimate of drug-likeness (QED) is 0.612. The smallest absolute Gasteiger partial charge is 0.163 e. The first-order valence-electron chi connectivity index (χ1n) is 3.49. The van der Waals surface area contributed by atoms with Gasteiger partial charge in [-0.15, -0.1) is 0 Å². The first kappa shape index (κ1) is 9.51. The van der Waals surface area contributed by atoms with Crippen LogP contribution in [0, 0.1) is 3.57 Å². The second-order valence-corrected chi connectivity index (χ2v) is 3.65. The highest BCUT2D eigenvalue weighted by Gasteiger charge is 2.06. The van der Waals surface area contributed by atoms with Gasteiger partial charge in [0.15, 0.2) is 5.78 Å². The summed E-state index contributed by atoms with van der Waals surface area (Å²) in [7, 11) is 1.57. The van der Waals surface area contributed by atoms with E-state index in [1.54, 1.807) is 13.2 Å². The minimum absolute atomic E-state index is 0.0308. The highest BCUT2D eigenvalue weighted by Crippen LogP contribution is 2.21. The largest absolute Gasteiger partial charge is 0.496 e. The van der Waals surface area contributed by atoms with Gasteiger partial charge in [-0.25, -0.2) is 0 Å². The second kappa shape index (κ2) is 3.89. The zero-order valence-electron chi connectivity index (χ0n) is 6.93. The molecule has 0 aliphatic heterocycles. The molecule has 0 saturated carbocycles. The van der Waals surface area contributed by atoms with Crippen LogP contribution in [-0.2, 0) is 0 Å². The van der Waals surface area contributed by atoms with Gasteiger partial charge >= 0.3 is 0 Å². The number of ketones is 1. The molecule has 1 rings (SSSR count). The molecule has 0 fully saturated rings. The lowest BCUT2D eigenvalue weighted by molar-refractivity contribution is 0.101. The first-order valence-corrected chi connectivity index (χ1v) is 4.57. The van der Waals surface area contributed by atoms with Crippen molar-refractivity contribution in [1.29, 1.82) is 0 Å². The van der Waals surface area contributed by atoms with Crippen molar-refractivity contribution in [3.63, 3.8) is 0 Å². The van der Waals surface area contributed by atoms with Crippen molar-refractivity contribution in [1.82, 2.24) is 0 Å². The summed E-state index contributed by atoms with van der Waals surface area (Å²) in [4.78, 5) is 11.1. The maximum Gasteiger partial charge on any atom is 0.163 e. The van der Waals surface area contributed by atoms with E-state index in [9.17, 15) is 4.79 Å². The van der Waals surface area contributed by atoms with Crippen molar-refractivity contribution in [2.24, 2.45) is 0 Å². The van der Waals surface area contributed by atoms with Gasteiger partial charge in [0, 0.05) is 3.57 Å². The van der Waals surface area contributed by atoms with Crippen LogP contribution >= 0.6 is 22.6 Å². The van der Waals surface area contributed by atoms with E-state index in [1.165, 1.54) is 6.92 Å². The van der Waals surface area contributed by atoms with Crippen LogP contribution in [-0.4, -0.2) is 12.9 Å². The maximum atomic E-state index is 11.1. The molecular formula is C9H9IO2. The van der Waals surface area contributed by atoms with Gasteiger partial charge in [-0.05, 0) is 47.7 Å². The number of Topliss-reactive ketones (excluding diaryl/α,β-unsaturated/α-hetero) is 1. The number of methoxy groups -OCH3 is 1. The number of carbonyl (C=O) groups is 1. The molecule has 1 aromatic rings. The van der Waals surface area contributed by atoms with Crippen LogP contribution in [0.15, 0.2) is 18.2 Å². The molecule has 0 aliphatic carbocycles. The Morgan fingerprint density at radius 3 is 2.67 bits per heavy atom. The molecular weight excluding hydrogens is 267 g/mol. The van der Waals surface area contributed by atoms with Crippen molar-refractivity contribution < 1.29 is 9.53 Å². The maximum absolute atomic E-state index is 11.1. The molecule has 0 amide bonds. The van der Waals surface area contributed by atoms with Gasteiger partial charge in [0.1, 0.15) is 5.75 Å². The number of rotatable bonds is 2. The van der Waals surface area contributed by atoms with Gasteiger partial charge in [0.05, 0.1) is 12.7 Å². The minimum atomic E-state index is 0.0308. The van der Waals surface area contributed by atoms with Crippen LogP contribution in [0.1, 0.15) is 17.3 Å². The van der Waals surface area contributed by atoms with Crippen LogP contribution in [0.4, 0.5) is 0 Å². The molecule has 0 N–H and O–H groups in total. The summed E-state index contributed by atoms with van der Waals surface area (Å²) >= 11 is 2.18. The van der Waals surface area contributed by atoms with Gasteiger partial charge in [0.2, 0.25) is 0 Å². The third-order valence-corrected chi connectivity index (χ3v) is 2.21. The van der Waals surface area contributed by atoms with Crippen molar-refractivity contribution >= 4 is 28.4 Å². The molecule has 0 atom stereocenters. The highest BCUT2D eigenvalue weighted by atomic mass is 127. The molecule has 1 aromatic carbocycles.